The van der Waals surface area contributed by atoms with E-state index < -0.39 is 0 Å². The number of thioether (sulfide) groups is 4. The molecule has 5 fully saturated rings. The molecule has 0 aromatic carbocycles. The van der Waals surface area contributed by atoms with E-state index in [4.69, 9.17) is 0 Å². The smallest absolute Gasteiger partial charge is 0.0166 e. The third-order valence-corrected chi connectivity index (χ3v) is 14.4. The van der Waals surface area contributed by atoms with Crippen LogP contribution in [0.3, 0.4) is 0 Å². The van der Waals surface area contributed by atoms with Crippen molar-refractivity contribution in [1.82, 2.24) is 0 Å². The van der Waals surface area contributed by atoms with Gasteiger partial charge in [0, 0.05) is 44.0 Å². The summed E-state index contributed by atoms with van der Waals surface area (Å²) in [5.41, 5.74) is 1.46. The topological polar surface area (TPSA) is 0 Å². The SMILES string of the molecule is C1CCC2SCC34CSC5CCCCC5SCC3(CSC2C1)C4. The van der Waals surface area contributed by atoms with E-state index in [2.05, 4.69) is 47.0 Å². The second-order valence-corrected chi connectivity index (χ2v) is 13.6. The molecule has 0 radical (unpaired) electrons. The molecule has 5 rings (SSSR count). The Morgan fingerprint density at radius 2 is 0.783 bits per heavy atom. The van der Waals surface area contributed by atoms with Gasteiger partial charge < -0.3 is 0 Å². The first kappa shape index (κ1) is 16.6. The summed E-state index contributed by atoms with van der Waals surface area (Å²) in [5, 5.41) is 3.97. The van der Waals surface area contributed by atoms with Gasteiger partial charge in [-0.3, -0.25) is 0 Å². The molecule has 4 unspecified atom stereocenters. The van der Waals surface area contributed by atoms with Crippen molar-refractivity contribution in [3.8, 4) is 0 Å². The van der Waals surface area contributed by atoms with Crippen molar-refractivity contribution in [3.05, 3.63) is 0 Å². The minimum Gasteiger partial charge on any atom is -0.157 e. The van der Waals surface area contributed by atoms with Crippen LogP contribution in [0.2, 0.25) is 0 Å². The number of rotatable bonds is 0. The van der Waals surface area contributed by atoms with Gasteiger partial charge in [0.15, 0.2) is 0 Å². The van der Waals surface area contributed by atoms with Gasteiger partial charge in [0.05, 0.1) is 0 Å². The Morgan fingerprint density at radius 1 is 0.478 bits per heavy atom. The van der Waals surface area contributed by atoms with E-state index >= 15 is 0 Å². The van der Waals surface area contributed by atoms with Crippen LogP contribution in [-0.4, -0.2) is 44.0 Å². The highest BCUT2D eigenvalue weighted by molar-refractivity contribution is 8.05. The molecule has 130 valence electrons. The molecule has 3 aliphatic carbocycles. The van der Waals surface area contributed by atoms with Crippen LogP contribution in [0.5, 0.6) is 0 Å². The molecule has 2 saturated heterocycles. The molecule has 2 heterocycles. The lowest BCUT2D eigenvalue weighted by Crippen LogP contribution is -2.37. The Bertz CT molecular complexity index is 379. The van der Waals surface area contributed by atoms with Crippen LogP contribution < -0.4 is 0 Å². The standard InChI is InChI=1S/C19H30S4/c1-2-6-15-14(5-1)20-10-18-9-19(18,11-21-15)13-23-17-8-4-3-7-16(17)22-12-18/h14-17H,1-13H2. The van der Waals surface area contributed by atoms with Gasteiger partial charge in [-0.15, -0.1) is 0 Å². The average molecular weight is 387 g/mol. The summed E-state index contributed by atoms with van der Waals surface area (Å²) in [5.74, 6) is 6.00. The zero-order valence-electron chi connectivity index (χ0n) is 14.1. The maximum atomic E-state index is 2.40. The highest BCUT2D eigenvalue weighted by Crippen LogP contribution is 2.72. The molecule has 0 N–H and O–H groups in total. The minimum absolute atomic E-state index is 0.729. The molecule has 0 spiro atoms. The van der Waals surface area contributed by atoms with Gasteiger partial charge in [-0.2, -0.15) is 47.0 Å². The highest BCUT2D eigenvalue weighted by Gasteiger charge is 2.67. The largest absolute Gasteiger partial charge is 0.157 e. The van der Waals surface area contributed by atoms with Crippen LogP contribution >= 0.6 is 47.0 Å². The summed E-state index contributed by atoms with van der Waals surface area (Å²) >= 11 is 9.62. The van der Waals surface area contributed by atoms with Crippen LogP contribution in [-0.2, 0) is 0 Å². The van der Waals surface area contributed by atoms with Crippen molar-refractivity contribution in [2.45, 2.75) is 78.8 Å². The molecule has 0 aromatic heterocycles. The minimum atomic E-state index is 0.729. The van der Waals surface area contributed by atoms with E-state index in [9.17, 15) is 0 Å². The van der Waals surface area contributed by atoms with E-state index in [1.54, 1.807) is 6.42 Å². The van der Waals surface area contributed by atoms with Gasteiger partial charge in [0.2, 0.25) is 0 Å². The zero-order chi connectivity index (χ0) is 15.3. The lowest BCUT2D eigenvalue weighted by molar-refractivity contribution is 0.462. The molecule has 4 heteroatoms. The molecule has 0 amide bonds. The molecule has 3 saturated carbocycles. The van der Waals surface area contributed by atoms with Gasteiger partial charge in [-0.25, -0.2) is 0 Å². The normalized spacial score (nSPS) is 53.2. The van der Waals surface area contributed by atoms with E-state index in [0.717, 1.165) is 31.8 Å². The molecule has 0 aromatic rings. The van der Waals surface area contributed by atoms with Gasteiger partial charge in [-0.1, -0.05) is 25.7 Å². The molecular weight excluding hydrogens is 356 g/mol. The van der Waals surface area contributed by atoms with E-state index in [0.29, 0.717) is 0 Å². The van der Waals surface area contributed by atoms with Gasteiger partial charge >= 0.3 is 0 Å². The third-order valence-electron chi connectivity index (χ3n) is 7.26. The van der Waals surface area contributed by atoms with Crippen LogP contribution in [0, 0.1) is 10.8 Å². The van der Waals surface area contributed by atoms with Crippen molar-refractivity contribution >= 4 is 47.0 Å². The maximum Gasteiger partial charge on any atom is 0.0166 e. The Labute approximate surface area is 159 Å². The van der Waals surface area contributed by atoms with Gasteiger partial charge in [-0.05, 0) is 42.9 Å². The van der Waals surface area contributed by atoms with Crippen molar-refractivity contribution in [1.29, 1.82) is 0 Å². The van der Waals surface area contributed by atoms with Crippen LogP contribution in [0.15, 0.2) is 0 Å². The molecule has 0 bridgehead atoms. The van der Waals surface area contributed by atoms with Crippen LogP contribution in [0.4, 0.5) is 0 Å². The van der Waals surface area contributed by atoms with Gasteiger partial charge in [0.1, 0.15) is 0 Å². The number of fused-ring (bicyclic) bond motifs is 2. The first-order chi connectivity index (χ1) is 11.3. The quantitative estimate of drug-likeness (QED) is 0.504. The third kappa shape index (κ3) is 2.94. The highest BCUT2D eigenvalue weighted by atomic mass is 32.2. The Hall–Kier alpha value is 1.40. The summed E-state index contributed by atoms with van der Waals surface area (Å²) in [6.07, 6.45) is 13.6. The fourth-order valence-electron chi connectivity index (χ4n) is 5.46. The first-order valence-corrected chi connectivity index (χ1v) is 14.0. The molecule has 2 aliphatic heterocycles. The summed E-state index contributed by atoms with van der Waals surface area (Å²) < 4.78 is 0. The summed E-state index contributed by atoms with van der Waals surface area (Å²) in [6, 6.07) is 0. The second-order valence-electron chi connectivity index (χ2n) is 8.70. The van der Waals surface area contributed by atoms with Gasteiger partial charge in [0.25, 0.3) is 0 Å². The fraction of sp³-hybridized carbons (Fsp3) is 1.00. The first-order valence-electron chi connectivity index (χ1n) is 9.77. The molecule has 23 heavy (non-hydrogen) atoms. The van der Waals surface area contributed by atoms with E-state index in [-0.39, 0.29) is 0 Å². The summed E-state index contributed by atoms with van der Waals surface area (Å²) in [6.45, 7) is 0. The van der Waals surface area contributed by atoms with E-state index in [1.807, 2.05) is 0 Å². The monoisotopic (exact) mass is 386 g/mol. The molecule has 0 nitrogen and oxygen atoms in total. The van der Waals surface area contributed by atoms with Crippen LogP contribution in [0.1, 0.15) is 57.8 Å². The van der Waals surface area contributed by atoms with Crippen molar-refractivity contribution < 1.29 is 0 Å². The van der Waals surface area contributed by atoms with Crippen LogP contribution in [0.25, 0.3) is 0 Å². The van der Waals surface area contributed by atoms with Crippen molar-refractivity contribution in [2.75, 3.05) is 23.0 Å². The molecular formula is C19H30S4. The lowest BCUT2D eigenvalue weighted by atomic mass is 9.98. The summed E-state index contributed by atoms with van der Waals surface area (Å²) in [4.78, 5) is 0. The number of hydrogen-bond acceptors (Lipinski definition) is 4. The average Bonchev–Trinajstić information content (AvgIpc) is 3.18. The number of hydrogen-bond donors (Lipinski definition) is 0. The second kappa shape index (κ2) is 6.53. The Morgan fingerprint density at radius 3 is 1.09 bits per heavy atom. The molecule has 4 atom stereocenters. The lowest BCUT2D eigenvalue weighted by Gasteiger charge is -2.41. The van der Waals surface area contributed by atoms with Crippen molar-refractivity contribution in [3.63, 3.8) is 0 Å². The fourth-order valence-corrected chi connectivity index (χ4v) is 13.6. The molecule has 5 aliphatic rings. The Kier molecular flexibility index (Phi) is 4.70. The summed E-state index contributed by atoms with van der Waals surface area (Å²) in [7, 11) is 0. The predicted molar refractivity (Wildman–Crippen MR) is 111 cm³/mol. The predicted octanol–water partition coefficient (Wildman–Crippen LogP) is 5.95. The maximum absolute atomic E-state index is 2.40. The van der Waals surface area contributed by atoms with Crippen molar-refractivity contribution in [2.24, 2.45) is 10.8 Å². The zero-order valence-corrected chi connectivity index (χ0v) is 17.4. The Balaban J connectivity index is 1.34. The van der Waals surface area contributed by atoms with E-state index in [1.165, 1.54) is 74.4 Å².